The third kappa shape index (κ3) is 8.10. The first-order valence-corrected chi connectivity index (χ1v) is 10.0. The van der Waals surface area contributed by atoms with Crippen molar-refractivity contribution in [1.82, 2.24) is 0 Å². The molecule has 0 bridgehead atoms. The molecular weight excluding hydrogens is 340 g/mol. The molecule has 1 aliphatic carbocycles. The number of benzene rings is 1. The summed E-state index contributed by atoms with van der Waals surface area (Å²) >= 11 is 0. The summed E-state index contributed by atoms with van der Waals surface area (Å²) in [5.74, 6) is -0.285. The van der Waals surface area contributed by atoms with E-state index in [1.807, 2.05) is 36.4 Å². The molecule has 4 nitrogen and oxygen atoms in total. The molecule has 1 fully saturated rings. The van der Waals surface area contributed by atoms with Crippen molar-refractivity contribution in [3.8, 4) is 0 Å². The van der Waals surface area contributed by atoms with Crippen molar-refractivity contribution in [3.63, 3.8) is 0 Å². The first-order chi connectivity index (χ1) is 13.1. The normalized spacial score (nSPS) is 24.0. The third-order valence-corrected chi connectivity index (χ3v) is 5.32. The summed E-state index contributed by atoms with van der Waals surface area (Å²) in [6.07, 6.45) is 13.0. The first kappa shape index (κ1) is 21.4. The number of hydrogen-bond acceptors (Lipinski definition) is 3. The monoisotopic (exact) mass is 372 g/mol. The number of carboxylic acid groups (broad SMARTS) is 1. The van der Waals surface area contributed by atoms with E-state index in [4.69, 9.17) is 5.11 Å². The van der Waals surface area contributed by atoms with Crippen LogP contribution in [0.3, 0.4) is 0 Å². The Morgan fingerprint density at radius 2 is 1.96 bits per heavy atom. The fourth-order valence-corrected chi connectivity index (χ4v) is 3.72. The molecule has 4 heteroatoms. The lowest BCUT2D eigenvalue weighted by Gasteiger charge is -2.18. The lowest BCUT2D eigenvalue weighted by atomic mass is 9.90. The van der Waals surface area contributed by atoms with E-state index in [1.165, 1.54) is 5.56 Å². The Morgan fingerprint density at radius 1 is 1.19 bits per heavy atom. The largest absolute Gasteiger partial charge is 0.481 e. The highest BCUT2D eigenvalue weighted by Gasteiger charge is 2.32. The van der Waals surface area contributed by atoms with Gasteiger partial charge in [0.15, 0.2) is 0 Å². The maximum atomic E-state index is 10.5. The van der Waals surface area contributed by atoms with Gasteiger partial charge in [-0.15, -0.1) is 0 Å². The average Bonchev–Trinajstić information content (AvgIpc) is 3.01. The number of unbranched alkanes of at least 4 members (excludes halogenated alkanes) is 1. The molecule has 0 aliphatic heterocycles. The zero-order chi connectivity index (χ0) is 19.5. The van der Waals surface area contributed by atoms with Crippen molar-refractivity contribution >= 4 is 5.97 Å². The van der Waals surface area contributed by atoms with Crippen molar-refractivity contribution in [2.45, 2.75) is 63.6 Å². The molecule has 4 atom stereocenters. The van der Waals surface area contributed by atoms with Crippen LogP contribution in [0.15, 0.2) is 54.6 Å². The molecule has 0 spiro atoms. The number of carbonyl (C=O) groups is 1. The molecule has 3 N–H and O–H groups in total. The minimum atomic E-state index is -0.752. The van der Waals surface area contributed by atoms with Crippen LogP contribution in [0.2, 0.25) is 0 Å². The van der Waals surface area contributed by atoms with Crippen LogP contribution in [0.25, 0.3) is 0 Å². The number of aryl methyl sites for hydroxylation is 1. The minimum absolute atomic E-state index is 0.0834. The standard InChI is InChI=1S/C23H32O4/c24-20(14-12-18-8-4-3-5-9-18)15-16-21-19(13-17-22(21)25)10-6-1-2-7-11-23(26)27/h1,3-6,8-9,15-16,19-22,24-25H,2,7,10-14,17H2,(H,26,27). The molecule has 0 amide bonds. The van der Waals surface area contributed by atoms with Gasteiger partial charge < -0.3 is 15.3 Å². The van der Waals surface area contributed by atoms with Gasteiger partial charge in [-0.2, -0.15) is 0 Å². The second-order valence-corrected chi connectivity index (χ2v) is 7.45. The second kappa shape index (κ2) is 11.7. The van der Waals surface area contributed by atoms with E-state index in [0.29, 0.717) is 18.8 Å². The maximum Gasteiger partial charge on any atom is 0.303 e. The summed E-state index contributed by atoms with van der Waals surface area (Å²) in [6, 6.07) is 10.1. The fourth-order valence-electron chi connectivity index (χ4n) is 3.72. The van der Waals surface area contributed by atoms with Crippen molar-refractivity contribution in [2.75, 3.05) is 0 Å². The molecule has 27 heavy (non-hydrogen) atoms. The number of aliphatic carboxylic acids is 1. The predicted molar refractivity (Wildman–Crippen MR) is 107 cm³/mol. The molecule has 0 radical (unpaired) electrons. The molecule has 2 rings (SSSR count). The van der Waals surface area contributed by atoms with Crippen LogP contribution in [0.5, 0.6) is 0 Å². The van der Waals surface area contributed by atoms with Crippen molar-refractivity contribution < 1.29 is 20.1 Å². The van der Waals surface area contributed by atoms with E-state index >= 15 is 0 Å². The average molecular weight is 373 g/mol. The van der Waals surface area contributed by atoms with Crippen LogP contribution in [0, 0.1) is 11.8 Å². The summed E-state index contributed by atoms with van der Waals surface area (Å²) in [6.45, 7) is 0. The van der Waals surface area contributed by atoms with Gasteiger partial charge in [-0.1, -0.05) is 54.6 Å². The fraction of sp³-hybridized carbons (Fsp3) is 0.522. The molecule has 0 heterocycles. The quantitative estimate of drug-likeness (QED) is 0.403. The Hall–Kier alpha value is -1.91. The van der Waals surface area contributed by atoms with Crippen LogP contribution in [-0.4, -0.2) is 33.5 Å². The van der Waals surface area contributed by atoms with Gasteiger partial charge in [-0.05, 0) is 56.4 Å². The van der Waals surface area contributed by atoms with Crippen LogP contribution >= 0.6 is 0 Å². The molecule has 1 aliphatic rings. The number of aliphatic hydroxyl groups excluding tert-OH is 2. The van der Waals surface area contributed by atoms with E-state index in [2.05, 4.69) is 18.2 Å². The lowest BCUT2D eigenvalue weighted by molar-refractivity contribution is -0.137. The van der Waals surface area contributed by atoms with Gasteiger partial charge in [0, 0.05) is 12.3 Å². The number of carboxylic acids is 1. The van der Waals surface area contributed by atoms with Crippen LogP contribution < -0.4 is 0 Å². The zero-order valence-corrected chi connectivity index (χ0v) is 15.9. The molecule has 0 saturated heterocycles. The summed E-state index contributed by atoms with van der Waals surface area (Å²) in [4.78, 5) is 10.5. The van der Waals surface area contributed by atoms with E-state index in [9.17, 15) is 15.0 Å². The van der Waals surface area contributed by atoms with Crippen molar-refractivity contribution in [2.24, 2.45) is 11.8 Å². The SMILES string of the molecule is O=C(O)CCCC=CCC1CCC(O)C1C=CC(O)CCc1ccccc1. The van der Waals surface area contributed by atoms with Crippen molar-refractivity contribution in [3.05, 3.63) is 60.2 Å². The minimum Gasteiger partial charge on any atom is -0.481 e. The summed E-state index contributed by atoms with van der Waals surface area (Å²) in [7, 11) is 0. The Balaban J connectivity index is 1.75. The topological polar surface area (TPSA) is 77.8 Å². The smallest absolute Gasteiger partial charge is 0.303 e. The van der Waals surface area contributed by atoms with Gasteiger partial charge in [-0.3, -0.25) is 4.79 Å². The Bertz CT molecular complexity index is 608. The molecule has 0 aromatic heterocycles. The number of hydrogen-bond donors (Lipinski definition) is 3. The highest BCUT2D eigenvalue weighted by atomic mass is 16.4. The number of allylic oxidation sites excluding steroid dienone is 2. The second-order valence-electron chi connectivity index (χ2n) is 7.45. The third-order valence-electron chi connectivity index (χ3n) is 5.32. The van der Waals surface area contributed by atoms with E-state index in [1.54, 1.807) is 0 Å². The number of rotatable bonds is 11. The summed E-state index contributed by atoms with van der Waals surface area (Å²) in [5.41, 5.74) is 1.22. The summed E-state index contributed by atoms with van der Waals surface area (Å²) < 4.78 is 0. The Kier molecular flexibility index (Phi) is 9.29. The van der Waals surface area contributed by atoms with Crippen LogP contribution in [0.1, 0.15) is 50.5 Å². The summed E-state index contributed by atoms with van der Waals surface area (Å²) in [5, 5.41) is 29.1. The highest BCUT2D eigenvalue weighted by Crippen LogP contribution is 2.36. The Morgan fingerprint density at radius 3 is 2.70 bits per heavy atom. The van der Waals surface area contributed by atoms with Gasteiger partial charge >= 0.3 is 5.97 Å². The molecule has 1 aromatic rings. The number of aliphatic hydroxyl groups is 2. The molecular formula is C23H32O4. The van der Waals surface area contributed by atoms with Gasteiger partial charge in [0.25, 0.3) is 0 Å². The highest BCUT2D eigenvalue weighted by molar-refractivity contribution is 5.66. The Labute approximate surface area is 162 Å². The first-order valence-electron chi connectivity index (χ1n) is 10.0. The van der Waals surface area contributed by atoms with Crippen LogP contribution in [-0.2, 0) is 11.2 Å². The van der Waals surface area contributed by atoms with E-state index in [-0.39, 0.29) is 18.4 Å². The van der Waals surface area contributed by atoms with Crippen molar-refractivity contribution in [1.29, 1.82) is 0 Å². The maximum absolute atomic E-state index is 10.5. The van der Waals surface area contributed by atoms with E-state index < -0.39 is 12.1 Å². The molecule has 1 aromatic carbocycles. The van der Waals surface area contributed by atoms with Gasteiger partial charge in [0.2, 0.25) is 0 Å². The predicted octanol–water partition coefficient (Wildman–Crippen LogP) is 4.12. The van der Waals surface area contributed by atoms with Gasteiger partial charge in [0.05, 0.1) is 12.2 Å². The lowest BCUT2D eigenvalue weighted by Crippen LogP contribution is -2.17. The van der Waals surface area contributed by atoms with Gasteiger partial charge in [0.1, 0.15) is 0 Å². The molecule has 4 unspecified atom stereocenters. The zero-order valence-electron chi connectivity index (χ0n) is 15.9. The molecule has 148 valence electrons. The van der Waals surface area contributed by atoms with E-state index in [0.717, 1.165) is 32.1 Å². The van der Waals surface area contributed by atoms with Crippen LogP contribution in [0.4, 0.5) is 0 Å². The molecule has 1 saturated carbocycles. The van der Waals surface area contributed by atoms with Gasteiger partial charge in [-0.25, -0.2) is 0 Å².